The molecule has 0 aliphatic heterocycles. The van der Waals surface area contributed by atoms with Crippen LogP contribution in [0, 0.1) is 6.92 Å². The van der Waals surface area contributed by atoms with E-state index in [4.69, 9.17) is 10.7 Å². The summed E-state index contributed by atoms with van der Waals surface area (Å²) >= 11 is 0. The minimum Gasteiger partial charge on any atom is -0.383 e. The van der Waals surface area contributed by atoms with Gasteiger partial charge in [-0.2, -0.15) is 0 Å². The smallest absolute Gasteiger partial charge is 0.137 e. The Morgan fingerprint density at radius 2 is 1.95 bits per heavy atom. The maximum atomic E-state index is 6.06. The van der Waals surface area contributed by atoms with Crippen LogP contribution in [-0.4, -0.2) is 22.6 Å². The van der Waals surface area contributed by atoms with Crippen LogP contribution in [0.2, 0.25) is 0 Å². The molecule has 106 valence electrons. The lowest BCUT2D eigenvalue weighted by molar-refractivity contribution is 0.695. The lowest BCUT2D eigenvalue weighted by Gasteiger charge is -2.26. The SMILES string of the molecule is CCCCN(c1nc(CCC)nc(N)c1C)C1CC1. The Balaban J connectivity index is 2.28. The Kier molecular flexibility index (Phi) is 4.61. The fourth-order valence-corrected chi connectivity index (χ4v) is 2.36. The molecule has 1 aromatic rings. The van der Waals surface area contributed by atoms with Gasteiger partial charge in [0.05, 0.1) is 0 Å². The van der Waals surface area contributed by atoms with Crippen LogP contribution in [0.15, 0.2) is 0 Å². The van der Waals surface area contributed by atoms with Crippen molar-refractivity contribution < 1.29 is 0 Å². The number of hydrogen-bond acceptors (Lipinski definition) is 4. The second-order valence-electron chi connectivity index (χ2n) is 5.50. The van der Waals surface area contributed by atoms with Crippen molar-refractivity contribution in [2.75, 3.05) is 17.2 Å². The van der Waals surface area contributed by atoms with Crippen LogP contribution < -0.4 is 10.6 Å². The third-order valence-corrected chi connectivity index (χ3v) is 3.69. The van der Waals surface area contributed by atoms with E-state index < -0.39 is 0 Å². The number of nitrogen functional groups attached to an aromatic ring is 1. The van der Waals surface area contributed by atoms with E-state index >= 15 is 0 Å². The molecule has 0 amide bonds. The molecule has 4 heteroatoms. The summed E-state index contributed by atoms with van der Waals surface area (Å²) in [6, 6.07) is 0.675. The maximum absolute atomic E-state index is 6.06. The van der Waals surface area contributed by atoms with Crippen LogP contribution in [-0.2, 0) is 6.42 Å². The average Bonchev–Trinajstić information content (AvgIpc) is 3.20. The highest BCUT2D eigenvalue weighted by Crippen LogP contribution is 2.33. The van der Waals surface area contributed by atoms with Gasteiger partial charge in [-0.25, -0.2) is 9.97 Å². The van der Waals surface area contributed by atoms with E-state index in [1.807, 2.05) is 6.92 Å². The standard InChI is InChI=1S/C15H26N4/c1-4-6-10-19(12-8-9-12)15-11(3)14(16)17-13(18-15)7-5-2/h12H,4-10H2,1-3H3,(H2,16,17,18). The predicted octanol–water partition coefficient (Wildman–Crippen LogP) is 3.09. The molecule has 4 nitrogen and oxygen atoms in total. The van der Waals surface area contributed by atoms with E-state index in [0.717, 1.165) is 36.6 Å². The number of anilines is 2. The Hall–Kier alpha value is -1.32. The van der Waals surface area contributed by atoms with Crippen molar-refractivity contribution in [1.29, 1.82) is 0 Å². The third-order valence-electron chi connectivity index (χ3n) is 3.69. The van der Waals surface area contributed by atoms with Gasteiger partial charge in [-0.05, 0) is 32.6 Å². The summed E-state index contributed by atoms with van der Waals surface area (Å²) in [7, 11) is 0. The van der Waals surface area contributed by atoms with Crippen molar-refractivity contribution >= 4 is 11.6 Å². The second kappa shape index (κ2) is 6.22. The molecule has 1 aromatic heterocycles. The number of hydrogen-bond donors (Lipinski definition) is 1. The average molecular weight is 262 g/mol. The first-order valence-corrected chi connectivity index (χ1v) is 7.57. The summed E-state index contributed by atoms with van der Waals surface area (Å²) in [6.45, 7) is 7.51. The van der Waals surface area contributed by atoms with E-state index in [9.17, 15) is 0 Å². The molecule has 0 aromatic carbocycles. The molecule has 0 bridgehead atoms. The van der Waals surface area contributed by atoms with Gasteiger partial charge in [0.25, 0.3) is 0 Å². The molecule has 2 rings (SSSR count). The first-order valence-electron chi connectivity index (χ1n) is 7.57. The molecular formula is C15H26N4. The quantitative estimate of drug-likeness (QED) is 0.820. The molecule has 1 aliphatic rings. The Labute approximate surface area is 116 Å². The first kappa shape index (κ1) is 14.1. The molecule has 0 radical (unpaired) electrons. The molecule has 1 aliphatic carbocycles. The Morgan fingerprint density at radius 1 is 1.21 bits per heavy atom. The minimum atomic E-state index is 0.649. The zero-order valence-electron chi connectivity index (χ0n) is 12.4. The first-order chi connectivity index (χ1) is 9.17. The van der Waals surface area contributed by atoms with Crippen molar-refractivity contribution in [3.8, 4) is 0 Å². The minimum absolute atomic E-state index is 0.649. The molecule has 0 saturated heterocycles. The largest absolute Gasteiger partial charge is 0.383 e. The van der Waals surface area contributed by atoms with E-state index in [0.29, 0.717) is 11.9 Å². The summed E-state index contributed by atoms with van der Waals surface area (Å²) in [6.07, 6.45) is 6.96. The van der Waals surface area contributed by atoms with Gasteiger partial charge in [0.15, 0.2) is 0 Å². The summed E-state index contributed by atoms with van der Waals surface area (Å²) in [5.41, 5.74) is 7.11. The number of nitrogens with zero attached hydrogens (tertiary/aromatic N) is 3. The van der Waals surface area contributed by atoms with Crippen LogP contribution in [0.1, 0.15) is 57.3 Å². The number of unbranched alkanes of at least 4 members (excludes halogenated alkanes) is 1. The second-order valence-corrected chi connectivity index (χ2v) is 5.50. The van der Waals surface area contributed by atoms with Crippen molar-refractivity contribution in [2.24, 2.45) is 0 Å². The van der Waals surface area contributed by atoms with Crippen LogP contribution >= 0.6 is 0 Å². The lowest BCUT2D eigenvalue weighted by Crippen LogP contribution is -2.29. The molecule has 0 atom stereocenters. The van der Waals surface area contributed by atoms with E-state index in [-0.39, 0.29) is 0 Å². The van der Waals surface area contributed by atoms with Gasteiger partial charge in [0.2, 0.25) is 0 Å². The van der Waals surface area contributed by atoms with Gasteiger partial charge < -0.3 is 10.6 Å². The van der Waals surface area contributed by atoms with Crippen molar-refractivity contribution in [3.63, 3.8) is 0 Å². The molecule has 2 N–H and O–H groups in total. The van der Waals surface area contributed by atoms with E-state index in [1.54, 1.807) is 0 Å². The Morgan fingerprint density at radius 3 is 2.53 bits per heavy atom. The summed E-state index contributed by atoms with van der Waals surface area (Å²) in [5, 5.41) is 0. The molecule has 19 heavy (non-hydrogen) atoms. The normalized spacial score (nSPS) is 14.7. The molecule has 1 heterocycles. The molecular weight excluding hydrogens is 236 g/mol. The molecule has 1 saturated carbocycles. The highest BCUT2D eigenvalue weighted by Gasteiger charge is 2.31. The fourth-order valence-electron chi connectivity index (χ4n) is 2.36. The van der Waals surface area contributed by atoms with Gasteiger partial charge in [0, 0.05) is 24.6 Å². The zero-order chi connectivity index (χ0) is 13.8. The van der Waals surface area contributed by atoms with E-state index in [2.05, 4.69) is 23.7 Å². The lowest BCUT2D eigenvalue weighted by atomic mass is 10.2. The highest BCUT2D eigenvalue weighted by molar-refractivity contribution is 5.57. The number of aromatic nitrogens is 2. The van der Waals surface area contributed by atoms with Crippen LogP contribution in [0.25, 0.3) is 0 Å². The highest BCUT2D eigenvalue weighted by atomic mass is 15.2. The van der Waals surface area contributed by atoms with Crippen LogP contribution in [0.5, 0.6) is 0 Å². The van der Waals surface area contributed by atoms with Crippen molar-refractivity contribution in [2.45, 2.75) is 65.3 Å². The molecule has 0 spiro atoms. The van der Waals surface area contributed by atoms with E-state index in [1.165, 1.54) is 25.7 Å². The molecule has 0 unspecified atom stereocenters. The summed E-state index contributed by atoms with van der Waals surface area (Å²) in [5.74, 6) is 2.62. The number of nitrogens with two attached hydrogens (primary N) is 1. The maximum Gasteiger partial charge on any atom is 0.137 e. The summed E-state index contributed by atoms with van der Waals surface area (Å²) < 4.78 is 0. The topological polar surface area (TPSA) is 55.0 Å². The van der Waals surface area contributed by atoms with Crippen molar-refractivity contribution in [1.82, 2.24) is 9.97 Å². The van der Waals surface area contributed by atoms with Gasteiger partial charge in [-0.1, -0.05) is 20.3 Å². The number of rotatable bonds is 7. The van der Waals surface area contributed by atoms with Crippen molar-refractivity contribution in [3.05, 3.63) is 11.4 Å². The van der Waals surface area contributed by atoms with Gasteiger partial charge >= 0.3 is 0 Å². The monoisotopic (exact) mass is 262 g/mol. The number of aryl methyl sites for hydroxylation is 1. The predicted molar refractivity (Wildman–Crippen MR) is 80.5 cm³/mol. The van der Waals surface area contributed by atoms with Crippen LogP contribution in [0.3, 0.4) is 0 Å². The van der Waals surface area contributed by atoms with Gasteiger partial charge in [-0.3, -0.25) is 0 Å². The van der Waals surface area contributed by atoms with Gasteiger partial charge in [-0.15, -0.1) is 0 Å². The van der Waals surface area contributed by atoms with Gasteiger partial charge in [0.1, 0.15) is 17.5 Å². The third kappa shape index (κ3) is 3.37. The zero-order valence-corrected chi connectivity index (χ0v) is 12.4. The molecule has 1 fully saturated rings. The fraction of sp³-hybridized carbons (Fsp3) is 0.733. The van der Waals surface area contributed by atoms with Crippen LogP contribution in [0.4, 0.5) is 11.6 Å². The Bertz CT molecular complexity index is 426. The summed E-state index contributed by atoms with van der Waals surface area (Å²) in [4.78, 5) is 11.6.